The van der Waals surface area contributed by atoms with Crippen molar-refractivity contribution in [3.63, 3.8) is 0 Å². The first kappa shape index (κ1) is 14.6. The average molecular weight is 294 g/mol. The van der Waals surface area contributed by atoms with Crippen molar-refractivity contribution in [1.82, 2.24) is 0 Å². The Morgan fingerprint density at radius 1 is 1.05 bits per heavy atom. The van der Waals surface area contributed by atoms with E-state index < -0.39 is 29.2 Å². The number of esters is 1. The van der Waals surface area contributed by atoms with Gasteiger partial charge in [-0.3, -0.25) is 0 Å². The van der Waals surface area contributed by atoms with Crippen LogP contribution in [0.4, 0.5) is 13.2 Å². The molecule has 2 aromatic carbocycles. The topological polar surface area (TPSA) is 46.5 Å². The van der Waals surface area contributed by atoms with Crippen LogP contribution in [0, 0.1) is 17.5 Å². The number of aromatic hydroxyl groups is 1. The Balaban J connectivity index is 2.06. The van der Waals surface area contributed by atoms with E-state index in [0.29, 0.717) is 17.7 Å². The van der Waals surface area contributed by atoms with Gasteiger partial charge in [-0.15, -0.1) is 0 Å². The molecule has 3 nitrogen and oxygen atoms in total. The number of carbonyl (C=O) groups excluding carboxylic acids is 1. The number of halogens is 3. The molecule has 2 aromatic rings. The highest BCUT2D eigenvalue weighted by atomic mass is 19.2. The molecule has 108 valence electrons. The summed E-state index contributed by atoms with van der Waals surface area (Å²) in [5.41, 5.74) is 0.612. The van der Waals surface area contributed by atoms with Gasteiger partial charge >= 0.3 is 5.97 Å². The van der Waals surface area contributed by atoms with E-state index >= 15 is 0 Å². The van der Waals surface area contributed by atoms with Crippen LogP contribution < -0.4 is 4.74 Å². The predicted molar refractivity (Wildman–Crippen MR) is 69.1 cm³/mol. The van der Waals surface area contributed by atoms with Gasteiger partial charge in [0.1, 0.15) is 11.5 Å². The molecule has 0 unspecified atom stereocenters. The lowest BCUT2D eigenvalue weighted by Gasteiger charge is -2.02. The summed E-state index contributed by atoms with van der Waals surface area (Å²) < 4.78 is 43.2. The summed E-state index contributed by atoms with van der Waals surface area (Å²) in [5.74, 6) is -5.76. The Morgan fingerprint density at radius 3 is 2.19 bits per heavy atom. The first-order valence-electron chi connectivity index (χ1n) is 5.79. The Kier molecular flexibility index (Phi) is 4.27. The molecule has 0 aliphatic carbocycles. The van der Waals surface area contributed by atoms with Crippen molar-refractivity contribution in [2.75, 3.05) is 0 Å². The van der Waals surface area contributed by atoms with Crippen molar-refractivity contribution in [2.45, 2.75) is 0 Å². The fourth-order valence-corrected chi connectivity index (χ4v) is 1.49. The molecule has 0 bridgehead atoms. The van der Waals surface area contributed by atoms with Crippen LogP contribution in [0.3, 0.4) is 0 Å². The third kappa shape index (κ3) is 3.85. The van der Waals surface area contributed by atoms with E-state index in [0.717, 1.165) is 6.08 Å². The third-order valence-electron chi connectivity index (χ3n) is 2.48. The first-order valence-corrected chi connectivity index (χ1v) is 5.79. The van der Waals surface area contributed by atoms with Crippen LogP contribution in [-0.2, 0) is 4.79 Å². The maximum atomic E-state index is 12.9. The smallest absolute Gasteiger partial charge is 0.336 e. The summed E-state index contributed by atoms with van der Waals surface area (Å²) in [4.78, 5) is 11.5. The molecule has 0 heterocycles. The second-order valence-electron chi connectivity index (χ2n) is 4.05. The molecule has 21 heavy (non-hydrogen) atoms. The van der Waals surface area contributed by atoms with Crippen LogP contribution in [0.25, 0.3) is 6.08 Å². The molecular formula is C15H9F3O3. The lowest BCUT2D eigenvalue weighted by atomic mass is 10.2. The molecule has 0 saturated carbocycles. The second kappa shape index (κ2) is 6.13. The lowest BCUT2D eigenvalue weighted by molar-refractivity contribution is -0.128. The van der Waals surface area contributed by atoms with Crippen LogP contribution in [0.1, 0.15) is 5.56 Å². The second-order valence-corrected chi connectivity index (χ2v) is 4.05. The van der Waals surface area contributed by atoms with Gasteiger partial charge in [0.25, 0.3) is 0 Å². The van der Waals surface area contributed by atoms with Crippen LogP contribution in [0.5, 0.6) is 11.5 Å². The van der Waals surface area contributed by atoms with E-state index in [1.165, 1.54) is 18.2 Å². The maximum absolute atomic E-state index is 12.9. The predicted octanol–water partition coefficient (Wildman–Crippen LogP) is 3.43. The van der Waals surface area contributed by atoms with Crippen LogP contribution in [-0.4, -0.2) is 11.1 Å². The van der Waals surface area contributed by atoms with Crippen LogP contribution >= 0.6 is 0 Å². The molecule has 0 radical (unpaired) electrons. The molecule has 0 atom stereocenters. The molecule has 0 aromatic heterocycles. The van der Waals surface area contributed by atoms with Gasteiger partial charge in [-0.05, 0) is 23.8 Å². The molecule has 6 heteroatoms. The van der Waals surface area contributed by atoms with Gasteiger partial charge in [-0.2, -0.15) is 0 Å². The largest absolute Gasteiger partial charge is 0.508 e. The van der Waals surface area contributed by atoms with Gasteiger partial charge in [0.05, 0.1) is 0 Å². The minimum absolute atomic E-state index is 0.0759. The minimum Gasteiger partial charge on any atom is -0.508 e. The molecular weight excluding hydrogens is 285 g/mol. The molecule has 0 saturated heterocycles. The summed E-state index contributed by atoms with van der Waals surface area (Å²) in [5, 5.41) is 9.09. The quantitative estimate of drug-likeness (QED) is 0.408. The molecule has 1 N–H and O–H groups in total. The lowest BCUT2D eigenvalue weighted by Crippen LogP contribution is -2.05. The van der Waals surface area contributed by atoms with Crippen molar-refractivity contribution < 1.29 is 27.8 Å². The van der Waals surface area contributed by atoms with Gasteiger partial charge in [0, 0.05) is 18.2 Å². The average Bonchev–Trinajstić information content (AvgIpc) is 2.44. The standard InChI is InChI=1S/C15H9F3O3/c16-12-7-11(8-13(17)15(12)18)21-14(20)6-3-9-1-4-10(19)5-2-9/h1-8,19H/b6-3+. The van der Waals surface area contributed by atoms with Crippen molar-refractivity contribution in [1.29, 1.82) is 0 Å². The van der Waals surface area contributed by atoms with E-state index in [1.807, 2.05) is 0 Å². The Hall–Kier alpha value is -2.76. The van der Waals surface area contributed by atoms with Crippen molar-refractivity contribution >= 4 is 12.0 Å². The number of ether oxygens (including phenoxy) is 1. The Morgan fingerprint density at radius 2 is 1.62 bits per heavy atom. The molecule has 0 aliphatic rings. The zero-order chi connectivity index (χ0) is 15.4. The third-order valence-corrected chi connectivity index (χ3v) is 2.48. The monoisotopic (exact) mass is 294 g/mol. The van der Waals surface area contributed by atoms with Crippen molar-refractivity contribution in [3.8, 4) is 11.5 Å². The maximum Gasteiger partial charge on any atom is 0.336 e. The number of rotatable bonds is 3. The van der Waals surface area contributed by atoms with Gasteiger partial charge < -0.3 is 9.84 Å². The molecule has 0 fully saturated rings. The molecule has 0 spiro atoms. The van der Waals surface area contributed by atoms with Crippen LogP contribution in [0.2, 0.25) is 0 Å². The van der Waals surface area contributed by atoms with Crippen molar-refractivity contribution in [3.05, 3.63) is 65.5 Å². The number of hydrogen-bond acceptors (Lipinski definition) is 3. The summed E-state index contributed by atoms with van der Waals surface area (Å²) in [6, 6.07) is 7.10. The summed E-state index contributed by atoms with van der Waals surface area (Å²) in [6.45, 7) is 0. The number of benzene rings is 2. The zero-order valence-electron chi connectivity index (χ0n) is 10.5. The fraction of sp³-hybridized carbons (Fsp3) is 0. The normalized spacial score (nSPS) is 10.8. The first-order chi connectivity index (χ1) is 9.95. The Bertz CT molecular complexity index is 671. The molecule has 0 amide bonds. The van der Waals surface area contributed by atoms with Gasteiger partial charge in [-0.25, -0.2) is 18.0 Å². The number of phenolic OH excluding ortho intramolecular Hbond substituents is 1. The summed E-state index contributed by atoms with van der Waals surface area (Å²) >= 11 is 0. The summed E-state index contributed by atoms with van der Waals surface area (Å²) in [6.07, 6.45) is 2.42. The van der Waals surface area contributed by atoms with E-state index in [-0.39, 0.29) is 5.75 Å². The minimum atomic E-state index is -1.63. The highest BCUT2D eigenvalue weighted by molar-refractivity contribution is 5.88. The van der Waals surface area contributed by atoms with E-state index in [4.69, 9.17) is 5.11 Å². The zero-order valence-corrected chi connectivity index (χ0v) is 10.5. The van der Waals surface area contributed by atoms with Gasteiger partial charge in [0.2, 0.25) is 0 Å². The highest BCUT2D eigenvalue weighted by Gasteiger charge is 2.12. The molecule has 2 rings (SSSR count). The van der Waals surface area contributed by atoms with Gasteiger partial charge in [-0.1, -0.05) is 12.1 Å². The fourth-order valence-electron chi connectivity index (χ4n) is 1.49. The van der Waals surface area contributed by atoms with Crippen molar-refractivity contribution in [2.24, 2.45) is 0 Å². The summed E-state index contributed by atoms with van der Waals surface area (Å²) in [7, 11) is 0. The van der Waals surface area contributed by atoms with E-state index in [9.17, 15) is 18.0 Å². The number of hydrogen-bond donors (Lipinski definition) is 1. The number of carbonyl (C=O) groups is 1. The van der Waals surface area contributed by atoms with E-state index in [2.05, 4.69) is 4.74 Å². The Labute approximate surface area is 117 Å². The van der Waals surface area contributed by atoms with Gasteiger partial charge in [0.15, 0.2) is 17.5 Å². The SMILES string of the molecule is O=C(/C=C/c1ccc(O)cc1)Oc1cc(F)c(F)c(F)c1. The molecule has 0 aliphatic heterocycles. The van der Waals surface area contributed by atoms with E-state index in [1.54, 1.807) is 12.1 Å². The van der Waals surface area contributed by atoms with Crippen LogP contribution in [0.15, 0.2) is 42.5 Å². The highest BCUT2D eigenvalue weighted by Crippen LogP contribution is 2.19. The number of phenols is 1.